The number of hydrogen-bond acceptors (Lipinski definition) is 6. The maximum absolute atomic E-state index is 14.4. The minimum atomic E-state index is -0.502. The van der Waals surface area contributed by atoms with Crippen LogP contribution in [0.3, 0.4) is 0 Å². The first-order valence-electron chi connectivity index (χ1n) is 8.45. The molecule has 0 amide bonds. The highest BCUT2D eigenvalue weighted by Crippen LogP contribution is 2.47. The summed E-state index contributed by atoms with van der Waals surface area (Å²) in [6.07, 6.45) is 5.76. The first-order chi connectivity index (χ1) is 12.6. The Morgan fingerprint density at radius 2 is 1.81 bits per heavy atom. The van der Waals surface area contributed by atoms with E-state index in [1.165, 1.54) is 12.3 Å². The number of aromatic hydroxyl groups is 1. The number of anilines is 1. The Bertz CT molecular complexity index is 927. The van der Waals surface area contributed by atoms with Crippen molar-refractivity contribution >= 4 is 5.82 Å². The van der Waals surface area contributed by atoms with E-state index in [2.05, 4.69) is 20.2 Å². The zero-order chi connectivity index (χ0) is 18.1. The van der Waals surface area contributed by atoms with Crippen molar-refractivity contribution in [3.8, 4) is 17.1 Å². The van der Waals surface area contributed by atoms with Gasteiger partial charge in [0.25, 0.3) is 0 Å². The Balaban J connectivity index is 1.67. The largest absolute Gasteiger partial charge is 0.493 e. The van der Waals surface area contributed by atoms with E-state index in [-0.39, 0.29) is 11.7 Å². The molecule has 0 saturated heterocycles. The van der Waals surface area contributed by atoms with E-state index in [4.69, 9.17) is 0 Å². The average Bonchev–Trinajstić information content (AvgIpc) is 2.63. The van der Waals surface area contributed by atoms with E-state index in [9.17, 15) is 9.50 Å². The van der Waals surface area contributed by atoms with Gasteiger partial charge in [0.15, 0.2) is 5.82 Å². The average molecular weight is 351 g/mol. The molecule has 0 aromatic carbocycles. The van der Waals surface area contributed by atoms with Crippen LogP contribution >= 0.6 is 0 Å². The van der Waals surface area contributed by atoms with E-state index in [0.29, 0.717) is 22.8 Å². The fraction of sp³-hybridized carbons (Fsp3) is 0.263. The smallest absolute Gasteiger partial charge is 0.220 e. The molecule has 1 N–H and O–H groups in total. The van der Waals surface area contributed by atoms with Crippen LogP contribution in [0.4, 0.5) is 10.2 Å². The van der Waals surface area contributed by atoms with E-state index in [1.807, 2.05) is 18.0 Å². The minimum Gasteiger partial charge on any atom is -0.493 e. The lowest BCUT2D eigenvalue weighted by atomic mass is 9.72. The molecule has 6 nitrogen and oxygen atoms in total. The van der Waals surface area contributed by atoms with Gasteiger partial charge in [0.2, 0.25) is 5.88 Å². The molecule has 0 atom stereocenters. The van der Waals surface area contributed by atoms with Gasteiger partial charge in [-0.2, -0.15) is 0 Å². The maximum Gasteiger partial charge on any atom is 0.220 e. The van der Waals surface area contributed by atoms with Crippen molar-refractivity contribution in [2.45, 2.75) is 24.8 Å². The van der Waals surface area contributed by atoms with Gasteiger partial charge in [0, 0.05) is 19.4 Å². The zero-order valence-corrected chi connectivity index (χ0v) is 14.3. The van der Waals surface area contributed by atoms with Gasteiger partial charge in [0.05, 0.1) is 16.8 Å². The van der Waals surface area contributed by atoms with Crippen molar-refractivity contribution in [3.05, 3.63) is 60.3 Å². The Morgan fingerprint density at radius 1 is 1.04 bits per heavy atom. The summed E-state index contributed by atoms with van der Waals surface area (Å²) < 4.78 is 14.4. The minimum absolute atomic E-state index is 0.0890. The second kappa shape index (κ2) is 6.33. The summed E-state index contributed by atoms with van der Waals surface area (Å²) in [5, 5.41) is 18.4. The van der Waals surface area contributed by atoms with Crippen LogP contribution in [-0.2, 0) is 5.54 Å². The summed E-state index contributed by atoms with van der Waals surface area (Å²) in [5.41, 5.74) is 0.991. The molecular formula is C19H18FN5O. The molecule has 0 spiro atoms. The summed E-state index contributed by atoms with van der Waals surface area (Å²) in [4.78, 5) is 10.1. The molecule has 3 heterocycles. The normalized spacial score (nSPS) is 15.3. The summed E-state index contributed by atoms with van der Waals surface area (Å²) in [5.74, 6) is 0.236. The van der Waals surface area contributed by atoms with Crippen molar-refractivity contribution in [1.29, 1.82) is 0 Å². The molecule has 0 aliphatic heterocycles. The second-order valence-corrected chi connectivity index (χ2v) is 6.43. The van der Waals surface area contributed by atoms with Crippen molar-refractivity contribution in [1.82, 2.24) is 20.2 Å². The third-order valence-electron chi connectivity index (χ3n) is 5.08. The number of nitrogens with zero attached hydrogens (tertiary/aromatic N) is 5. The quantitative estimate of drug-likeness (QED) is 0.777. The predicted molar refractivity (Wildman–Crippen MR) is 95.1 cm³/mol. The predicted octanol–water partition coefficient (Wildman–Crippen LogP) is 3.29. The highest BCUT2D eigenvalue weighted by atomic mass is 19.1. The van der Waals surface area contributed by atoms with E-state index >= 15 is 0 Å². The summed E-state index contributed by atoms with van der Waals surface area (Å²) in [6, 6.07) is 10.1. The molecule has 3 aromatic heterocycles. The molecule has 7 heteroatoms. The number of hydrogen-bond donors (Lipinski definition) is 1. The molecular weight excluding hydrogens is 333 g/mol. The molecule has 0 radical (unpaired) electrons. The van der Waals surface area contributed by atoms with Crippen LogP contribution in [0.5, 0.6) is 5.88 Å². The number of aromatic nitrogens is 4. The molecule has 26 heavy (non-hydrogen) atoms. The van der Waals surface area contributed by atoms with Crippen molar-refractivity contribution in [3.63, 3.8) is 0 Å². The van der Waals surface area contributed by atoms with Gasteiger partial charge in [-0.1, -0.05) is 0 Å². The lowest BCUT2D eigenvalue weighted by Gasteiger charge is -2.48. The van der Waals surface area contributed by atoms with Crippen LogP contribution in [0.1, 0.15) is 25.0 Å². The molecule has 1 aliphatic carbocycles. The maximum atomic E-state index is 14.4. The van der Waals surface area contributed by atoms with Gasteiger partial charge in [0.1, 0.15) is 11.5 Å². The number of rotatable bonds is 4. The Hall–Kier alpha value is -3.09. The third-order valence-corrected chi connectivity index (χ3v) is 5.08. The Kier molecular flexibility index (Phi) is 3.99. The summed E-state index contributed by atoms with van der Waals surface area (Å²) >= 11 is 0. The molecule has 0 bridgehead atoms. The topological polar surface area (TPSA) is 75.0 Å². The van der Waals surface area contributed by atoms with Crippen molar-refractivity contribution in [2.75, 3.05) is 11.9 Å². The van der Waals surface area contributed by atoms with Crippen molar-refractivity contribution in [2.24, 2.45) is 0 Å². The molecule has 4 rings (SSSR count). The molecule has 1 fully saturated rings. The zero-order valence-electron chi connectivity index (χ0n) is 14.3. The first-order valence-corrected chi connectivity index (χ1v) is 8.45. The third kappa shape index (κ3) is 2.56. The van der Waals surface area contributed by atoms with E-state index < -0.39 is 5.54 Å². The van der Waals surface area contributed by atoms with Crippen LogP contribution in [-0.4, -0.2) is 32.3 Å². The first kappa shape index (κ1) is 16.4. The van der Waals surface area contributed by atoms with Crippen LogP contribution < -0.4 is 4.90 Å². The summed E-state index contributed by atoms with van der Waals surface area (Å²) in [6.45, 7) is 0. The van der Waals surface area contributed by atoms with E-state index in [0.717, 1.165) is 19.3 Å². The van der Waals surface area contributed by atoms with Gasteiger partial charge >= 0.3 is 0 Å². The fourth-order valence-corrected chi connectivity index (χ4v) is 3.43. The van der Waals surface area contributed by atoms with Gasteiger partial charge in [-0.15, -0.1) is 10.2 Å². The standard InChI is InChI=1S/C19H18FN5O/c1-25(19(9-4-10-19)17-14(20)6-3-11-21-17)16-8-7-15(23-24-16)13-5-2-12-22-18(13)26/h2-3,5-8,11-12H,4,9-10H2,1H3,(H,22,26). The van der Waals surface area contributed by atoms with Crippen LogP contribution in [0.25, 0.3) is 11.3 Å². The lowest BCUT2D eigenvalue weighted by Crippen LogP contribution is -2.51. The van der Waals surface area contributed by atoms with Crippen LogP contribution in [0.2, 0.25) is 0 Å². The molecule has 0 unspecified atom stereocenters. The SMILES string of the molecule is CN(c1ccc(-c2cccnc2O)nn1)C1(c2ncccc2F)CCC1. The monoisotopic (exact) mass is 351 g/mol. The highest BCUT2D eigenvalue weighted by molar-refractivity contribution is 5.64. The highest BCUT2D eigenvalue weighted by Gasteiger charge is 2.46. The molecule has 132 valence electrons. The lowest BCUT2D eigenvalue weighted by molar-refractivity contribution is 0.224. The molecule has 1 saturated carbocycles. The molecule has 1 aliphatic rings. The Labute approximate surface area is 150 Å². The second-order valence-electron chi connectivity index (χ2n) is 6.43. The van der Waals surface area contributed by atoms with Crippen molar-refractivity contribution < 1.29 is 9.50 Å². The Morgan fingerprint density at radius 3 is 2.42 bits per heavy atom. The van der Waals surface area contributed by atoms with Crippen LogP contribution in [0, 0.1) is 5.82 Å². The summed E-state index contributed by atoms with van der Waals surface area (Å²) in [7, 11) is 1.89. The van der Waals surface area contributed by atoms with Gasteiger partial charge in [-0.25, -0.2) is 9.37 Å². The number of halogens is 1. The molecule has 3 aromatic rings. The fourth-order valence-electron chi connectivity index (χ4n) is 3.43. The van der Waals surface area contributed by atoms with Gasteiger partial charge < -0.3 is 10.0 Å². The van der Waals surface area contributed by atoms with Crippen LogP contribution in [0.15, 0.2) is 48.8 Å². The van der Waals surface area contributed by atoms with E-state index in [1.54, 1.807) is 30.5 Å². The number of pyridine rings is 2. The van der Waals surface area contributed by atoms with Gasteiger partial charge in [-0.3, -0.25) is 4.98 Å². The van der Waals surface area contributed by atoms with Gasteiger partial charge in [-0.05, 0) is 55.7 Å².